The predicted molar refractivity (Wildman–Crippen MR) is 110 cm³/mol. The van der Waals surface area contributed by atoms with Crippen molar-refractivity contribution in [2.45, 2.75) is 22.6 Å². The van der Waals surface area contributed by atoms with Crippen LogP contribution in [0.3, 0.4) is 0 Å². The molecule has 3 aromatic rings. The lowest BCUT2D eigenvalue weighted by Crippen LogP contribution is -2.34. The molecule has 3 N–H and O–H groups in total. The Balaban J connectivity index is 1.68. The number of carbonyl (C=O) groups is 1. The zero-order valence-electron chi connectivity index (χ0n) is 15.3. The molecule has 0 saturated carbocycles. The maximum Gasteiger partial charge on any atom is 0.334 e. The van der Waals surface area contributed by atoms with E-state index in [-0.39, 0.29) is 16.3 Å². The smallest absolute Gasteiger partial charge is 0.291 e. The molecule has 3 rings (SSSR count). The number of amides is 2. The lowest BCUT2D eigenvalue weighted by Gasteiger charge is -2.08. The van der Waals surface area contributed by atoms with Gasteiger partial charge in [-0.3, -0.25) is 10.4 Å². The average Bonchev–Trinajstić information content (AvgIpc) is 3.08. The zero-order valence-corrected chi connectivity index (χ0v) is 17.0. The minimum absolute atomic E-state index is 0.0275. The summed E-state index contributed by atoms with van der Waals surface area (Å²) < 4.78 is 26.5. The number of nitrogens with one attached hydrogen (secondary N) is 3. The molecular weight excluding hydrogens is 410 g/mol. The molecule has 0 saturated heterocycles. The number of H-pyrrole nitrogens is 1. The third-order valence-corrected chi connectivity index (χ3v) is 6.25. The highest BCUT2D eigenvalue weighted by Crippen LogP contribution is 2.28. The molecule has 1 heterocycles. The van der Waals surface area contributed by atoms with Crippen LogP contribution in [0.1, 0.15) is 16.7 Å². The molecule has 1 aromatic heterocycles. The maximum absolute atomic E-state index is 12.3. The molecule has 2 amide bonds. The van der Waals surface area contributed by atoms with Gasteiger partial charge in [0.15, 0.2) is 0 Å². The summed E-state index contributed by atoms with van der Waals surface area (Å²) in [5, 5.41) is 18.8. The molecule has 29 heavy (non-hydrogen) atoms. The van der Waals surface area contributed by atoms with Crippen molar-refractivity contribution >= 4 is 33.6 Å². The number of carbonyl (C=O) groups excluding carboxylic acids is 1. The van der Waals surface area contributed by atoms with Crippen LogP contribution in [0.25, 0.3) is 0 Å². The van der Waals surface area contributed by atoms with Crippen molar-refractivity contribution in [2.24, 2.45) is 0 Å². The van der Waals surface area contributed by atoms with Gasteiger partial charge >= 0.3 is 6.03 Å². The van der Waals surface area contributed by atoms with E-state index in [4.69, 9.17) is 0 Å². The number of nitriles is 1. The number of thioether (sulfide) groups is 1. The molecular formula is C19H17N5O3S2. The highest BCUT2D eigenvalue weighted by atomic mass is 32.2. The highest BCUT2D eigenvalue weighted by Gasteiger charge is 2.20. The molecule has 0 fully saturated rings. The number of benzene rings is 2. The molecule has 10 heteroatoms. The number of aromatic amines is 1. The van der Waals surface area contributed by atoms with Crippen molar-refractivity contribution in [2.75, 3.05) is 5.32 Å². The van der Waals surface area contributed by atoms with Gasteiger partial charge in [0.2, 0.25) is 0 Å². The summed E-state index contributed by atoms with van der Waals surface area (Å²) >= 11 is 1.33. The number of urea groups is 1. The SMILES string of the molecule is Cc1ccc(S(=O)(=O)NC(=O)Nc2[nH]nc(SCc3ccccc3)c2C#N)cc1. The summed E-state index contributed by atoms with van der Waals surface area (Å²) in [5.41, 5.74) is 2.08. The molecule has 0 atom stereocenters. The summed E-state index contributed by atoms with van der Waals surface area (Å²) in [6.45, 7) is 1.82. The van der Waals surface area contributed by atoms with E-state index in [1.54, 1.807) is 12.1 Å². The number of anilines is 1. The lowest BCUT2D eigenvalue weighted by molar-refractivity contribution is 0.256. The second-order valence-electron chi connectivity index (χ2n) is 6.04. The van der Waals surface area contributed by atoms with Crippen LogP contribution in [-0.2, 0) is 15.8 Å². The first-order valence-electron chi connectivity index (χ1n) is 8.44. The highest BCUT2D eigenvalue weighted by molar-refractivity contribution is 7.98. The van der Waals surface area contributed by atoms with Crippen LogP contribution in [0.15, 0.2) is 64.5 Å². The number of sulfonamides is 1. The van der Waals surface area contributed by atoms with E-state index in [0.29, 0.717) is 10.8 Å². The first-order valence-corrected chi connectivity index (χ1v) is 10.9. The van der Waals surface area contributed by atoms with Gasteiger partial charge in [0, 0.05) is 5.75 Å². The van der Waals surface area contributed by atoms with Gasteiger partial charge in [-0.2, -0.15) is 10.4 Å². The fraction of sp³-hybridized carbons (Fsp3) is 0.105. The van der Waals surface area contributed by atoms with Crippen molar-refractivity contribution in [3.05, 3.63) is 71.3 Å². The Kier molecular flexibility index (Phi) is 6.21. The summed E-state index contributed by atoms with van der Waals surface area (Å²) in [6.07, 6.45) is 0. The predicted octanol–water partition coefficient (Wildman–Crippen LogP) is 3.39. The van der Waals surface area contributed by atoms with Gasteiger partial charge in [0.1, 0.15) is 22.5 Å². The van der Waals surface area contributed by atoms with E-state index in [1.807, 2.05) is 48.0 Å². The van der Waals surface area contributed by atoms with Gasteiger partial charge in [-0.05, 0) is 24.6 Å². The molecule has 0 unspecified atom stereocenters. The van der Waals surface area contributed by atoms with Crippen molar-refractivity contribution in [3.63, 3.8) is 0 Å². The van der Waals surface area contributed by atoms with Gasteiger partial charge in [-0.15, -0.1) is 0 Å². The quantitative estimate of drug-likeness (QED) is 0.517. The van der Waals surface area contributed by atoms with Crippen LogP contribution in [0, 0.1) is 18.3 Å². The van der Waals surface area contributed by atoms with Gasteiger partial charge < -0.3 is 0 Å². The first kappa shape index (κ1) is 20.4. The monoisotopic (exact) mass is 427 g/mol. The Hall–Kier alpha value is -3.29. The van der Waals surface area contributed by atoms with Gasteiger partial charge in [-0.1, -0.05) is 59.8 Å². The number of aryl methyl sites for hydroxylation is 1. The van der Waals surface area contributed by atoms with E-state index in [9.17, 15) is 18.5 Å². The minimum Gasteiger partial charge on any atom is -0.291 e. The third kappa shape index (κ3) is 5.16. The van der Waals surface area contributed by atoms with Crippen LogP contribution in [0.4, 0.5) is 10.6 Å². The molecule has 0 spiro atoms. The summed E-state index contributed by atoms with van der Waals surface area (Å²) in [5.74, 6) is 0.619. The standard InChI is InChI=1S/C19H17N5O3S2/c1-13-7-9-15(10-8-13)29(26,27)24-19(25)21-17-16(11-20)18(23-22-17)28-12-14-5-3-2-4-6-14/h2-10H,12H2,1H3,(H3,21,22,23,24,25). The molecule has 148 valence electrons. The number of rotatable bonds is 6. The number of nitrogens with zero attached hydrogens (tertiary/aromatic N) is 2. The van der Waals surface area contributed by atoms with Crippen molar-refractivity contribution < 1.29 is 13.2 Å². The normalized spacial score (nSPS) is 10.9. The lowest BCUT2D eigenvalue weighted by atomic mass is 10.2. The molecule has 8 nitrogen and oxygen atoms in total. The summed E-state index contributed by atoms with van der Waals surface area (Å²) in [7, 11) is -4.04. The molecule has 0 bridgehead atoms. The zero-order chi connectivity index (χ0) is 20.9. The van der Waals surface area contributed by atoms with Crippen LogP contribution >= 0.6 is 11.8 Å². The van der Waals surface area contributed by atoms with Crippen molar-refractivity contribution in [1.29, 1.82) is 5.26 Å². The molecule has 0 radical (unpaired) electrons. The Labute approximate surface area is 172 Å². The Morgan fingerprint density at radius 3 is 2.52 bits per heavy atom. The van der Waals surface area contributed by atoms with E-state index >= 15 is 0 Å². The Morgan fingerprint density at radius 1 is 1.17 bits per heavy atom. The van der Waals surface area contributed by atoms with E-state index < -0.39 is 16.1 Å². The van der Waals surface area contributed by atoms with Crippen molar-refractivity contribution in [1.82, 2.24) is 14.9 Å². The fourth-order valence-corrected chi connectivity index (χ4v) is 4.19. The van der Waals surface area contributed by atoms with E-state index in [2.05, 4.69) is 15.5 Å². The summed E-state index contributed by atoms with van der Waals surface area (Å²) in [4.78, 5) is 12.1. The maximum atomic E-state index is 12.3. The largest absolute Gasteiger partial charge is 0.334 e. The minimum atomic E-state index is -4.04. The Morgan fingerprint density at radius 2 is 1.86 bits per heavy atom. The van der Waals surface area contributed by atoms with Gasteiger partial charge in [0.05, 0.1) is 4.90 Å². The fourth-order valence-electron chi connectivity index (χ4n) is 2.39. The number of hydrogen-bond acceptors (Lipinski definition) is 6. The Bertz CT molecular complexity index is 1150. The second kappa shape index (κ2) is 8.81. The second-order valence-corrected chi connectivity index (χ2v) is 8.68. The number of hydrogen-bond donors (Lipinski definition) is 3. The molecule has 0 aliphatic carbocycles. The number of aromatic nitrogens is 2. The van der Waals surface area contributed by atoms with Gasteiger partial charge in [-0.25, -0.2) is 17.9 Å². The third-order valence-electron chi connectivity index (χ3n) is 3.86. The van der Waals surface area contributed by atoms with Crippen molar-refractivity contribution in [3.8, 4) is 6.07 Å². The molecule has 2 aromatic carbocycles. The molecule has 0 aliphatic rings. The average molecular weight is 428 g/mol. The first-order chi connectivity index (χ1) is 13.9. The van der Waals surface area contributed by atoms with Crippen LogP contribution in [0.2, 0.25) is 0 Å². The van der Waals surface area contributed by atoms with Crippen LogP contribution in [-0.4, -0.2) is 24.6 Å². The topological polar surface area (TPSA) is 128 Å². The summed E-state index contributed by atoms with van der Waals surface area (Å²) in [6, 6.07) is 16.7. The molecule has 0 aliphatic heterocycles. The van der Waals surface area contributed by atoms with Crippen LogP contribution in [0.5, 0.6) is 0 Å². The van der Waals surface area contributed by atoms with E-state index in [0.717, 1.165) is 11.1 Å². The van der Waals surface area contributed by atoms with E-state index in [1.165, 1.54) is 23.9 Å². The van der Waals surface area contributed by atoms with Crippen LogP contribution < -0.4 is 10.0 Å². The van der Waals surface area contributed by atoms with Gasteiger partial charge in [0.25, 0.3) is 10.0 Å².